The lowest BCUT2D eigenvalue weighted by Crippen LogP contribution is -2.46. The van der Waals surface area contributed by atoms with Gasteiger partial charge in [0.25, 0.3) is 0 Å². The van der Waals surface area contributed by atoms with E-state index in [1.807, 2.05) is 13.8 Å². The second-order valence-electron chi connectivity index (χ2n) is 5.12. The van der Waals surface area contributed by atoms with Gasteiger partial charge in [0.15, 0.2) is 0 Å². The Bertz CT molecular complexity index is 492. The van der Waals surface area contributed by atoms with Gasteiger partial charge < -0.3 is 15.4 Å². The molecule has 6 heteroatoms. The molecule has 0 aliphatic carbocycles. The van der Waals surface area contributed by atoms with Crippen LogP contribution in [-0.4, -0.2) is 25.2 Å². The first-order chi connectivity index (χ1) is 9.93. The number of methoxy groups -OCH3 is 1. The fourth-order valence-corrected chi connectivity index (χ4v) is 1.85. The summed E-state index contributed by atoms with van der Waals surface area (Å²) in [5, 5.41) is 5.07. The van der Waals surface area contributed by atoms with Crippen molar-refractivity contribution >= 4 is 12.0 Å². The topological polar surface area (TPSA) is 67.4 Å². The number of carbonyl (C=O) groups is 2. The largest absolute Gasteiger partial charge is 0.467 e. The van der Waals surface area contributed by atoms with Crippen LogP contribution in [0.15, 0.2) is 24.3 Å². The van der Waals surface area contributed by atoms with Crippen molar-refractivity contribution < 1.29 is 18.7 Å². The van der Waals surface area contributed by atoms with Gasteiger partial charge in [-0.15, -0.1) is 0 Å². The summed E-state index contributed by atoms with van der Waals surface area (Å²) in [5.41, 5.74) is 0.381. The van der Waals surface area contributed by atoms with E-state index >= 15 is 0 Å². The molecule has 0 bridgehead atoms. The van der Waals surface area contributed by atoms with Crippen molar-refractivity contribution in [3.8, 4) is 0 Å². The minimum Gasteiger partial charge on any atom is -0.467 e. The molecule has 1 aromatic carbocycles. The molecule has 1 unspecified atom stereocenters. The minimum absolute atomic E-state index is 0.0497. The zero-order chi connectivity index (χ0) is 15.8. The maximum Gasteiger partial charge on any atom is 0.328 e. The van der Waals surface area contributed by atoms with Gasteiger partial charge in [-0.3, -0.25) is 0 Å². The summed E-state index contributed by atoms with van der Waals surface area (Å²) in [7, 11) is 1.27. The number of carbonyl (C=O) groups excluding carboxylic acids is 2. The van der Waals surface area contributed by atoms with Crippen molar-refractivity contribution in [1.29, 1.82) is 0 Å². The maximum atomic E-state index is 13.4. The minimum atomic E-state index is -0.712. The van der Waals surface area contributed by atoms with Crippen LogP contribution >= 0.6 is 0 Å². The molecule has 21 heavy (non-hydrogen) atoms. The summed E-state index contributed by atoms with van der Waals surface area (Å²) in [6, 6.07) is 4.93. The number of hydrogen-bond donors (Lipinski definition) is 2. The predicted octanol–water partition coefficient (Wildman–Crippen LogP) is 2.21. The van der Waals surface area contributed by atoms with Crippen LogP contribution in [-0.2, 0) is 16.1 Å². The van der Waals surface area contributed by atoms with Crippen molar-refractivity contribution in [3.05, 3.63) is 35.6 Å². The number of rotatable bonds is 6. The summed E-state index contributed by atoms with van der Waals surface area (Å²) in [4.78, 5) is 23.4. The molecular formula is C15H21FN2O3. The van der Waals surface area contributed by atoms with Crippen molar-refractivity contribution in [2.75, 3.05) is 7.11 Å². The Morgan fingerprint density at radius 1 is 1.29 bits per heavy atom. The molecule has 1 aromatic rings. The van der Waals surface area contributed by atoms with E-state index in [0.29, 0.717) is 12.0 Å². The molecule has 0 radical (unpaired) electrons. The number of amides is 2. The van der Waals surface area contributed by atoms with E-state index in [1.165, 1.54) is 13.2 Å². The van der Waals surface area contributed by atoms with Gasteiger partial charge in [-0.25, -0.2) is 14.0 Å². The Balaban J connectivity index is 2.54. The fraction of sp³-hybridized carbons (Fsp3) is 0.467. The van der Waals surface area contributed by atoms with Gasteiger partial charge in [0, 0.05) is 12.1 Å². The van der Waals surface area contributed by atoms with E-state index in [9.17, 15) is 14.0 Å². The third-order valence-corrected chi connectivity index (χ3v) is 2.90. The number of benzene rings is 1. The van der Waals surface area contributed by atoms with Gasteiger partial charge in [0.1, 0.15) is 11.9 Å². The highest BCUT2D eigenvalue weighted by molar-refractivity contribution is 5.83. The summed E-state index contributed by atoms with van der Waals surface area (Å²) < 4.78 is 18.1. The van der Waals surface area contributed by atoms with Crippen molar-refractivity contribution in [2.45, 2.75) is 32.9 Å². The van der Waals surface area contributed by atoms with Crippen molar-refractivity contribution in [1.82, 2.24) is 10.6 Å². The summed E-state index contributed by atoms with van der Waals surface area (Å²) >= 11 is 0. The Morgan fingerprint density at radius 3 is 2.52 bits per heavy atom. The molecule has 1 atom stereocenters. The number of halogens is 1. The summed E-state index contributed by atoms with van der Waals surface area (Å²) in [6.07, 6.45) is 0.472. The number of nitrogens with one attached hydrogen (secondary N) is 2. The number of hydrogen-bond acceptors (Lipinski definition) is 3. The third-order valence-electron chi connectivity index (χ3n) is 2.90. The standard InChI is InChI=1S/C15H21FN2O3/c1-10(2)8-13(14(19)21-3)18-15(20)17-9-11-6-4-5-7-12(11)16/h4-7,10,13H,8-9H2,1-3H3,(H2,17,18,20). The van der Waals surface area contributed by atoms with E-state index in [-0.39, 0.29) is 18.3 Å². The van der Waals surface area contributed by atoms with Crippen LogP contribution in [0, 0.1) is 11.7 Å². The fourth-order valence-electron chi connectivity index (χ4n) is 1.85. The third kappa shape index (κ3) is 5.81. The van der Waals surface area contributed by atoms with Crippen LogP contribution in [0.2, 0.25) is 0 Å². The predicted molar refractivity (Wildman–Crippen MR) is 77.0 cm³/mol. The second-order valence-corrected chi connectivity index (χ2v) is 5.12. The first-order valence-electron chi connectivity index (χ1n) is 6.79. The van der Waals surface area contributed by atoms with Gasteiger partial charge in [0.05, 0.1) is 7.11 Å². The van der Waals surface area contributed by atoms with Crippen LogP contribution in [0.5, 0.6) is 0 Å². The molecule has 116 valence electrons. The van der Waals surface area contributed by atoms with Crippen molar-refractivity contribution in [2.24, 2.45) is 5.92 Å². The lowest BCUT2D eigenvalue weighted by Gasteiger charge is -2.18. The molecule has 2 N–H and O–H groups in total. The zero-order valence-corrected chi connectivity index (χ0v) is 12.5. The van der Waals surface area contributed by atoms with E-state index in [4.69, 9.17) is 0 Å². The van der Waals surface area contributed by atoms with Gasteiger partial charge in [-0.05, 0) is 18.4 Å². The smallest absolute Gasteiger partial charge is 0.328 e. The molecule has 0 aromatic heterocycles. The molecule has 2 amide bonds. The van der Waals surface area contributed by atoms with Crippen LogP contribution in [0.1, 0.15) is 25.8 Å². The average molecular weight is 296 g/mol. The summed E-state index contributed by atoms with van der Waals surface area (Å²) in [5.74, 6) is -0.657. The Labute approximate surface area is 123 Å². The van der Waals surface area contributed by atoms with Gasteiger partial charge in [0.2, 0.25) is 0 Å². The number of esters is 1. The highest BCUT2D eigenvalue weighted by Crippen LogP contribution is 2.07. The van der Waals surface area contributed by atoms with E-state index in [0.717, 1.165) is 0 Å². The highest BCUT2D eigenvalue weighted by atomic mass is 19.1. The van der Waals surface area contributed by atoms with Crippen molar-refractivity contribution in [3.63, 3.8) is 0 Å². The van der Waals surface area contributed by atoms with Crippen LogP contribution < -0.4 is 10.6 Å². The number of urea groups is 1. The number of ether oxygens (including phenoxy) is 1. The molecule has 0 aliphatic heterocycles. The Morgan fingerprint density at radius 2 is 1.95 bits per heavy atom. The normalized spacial score (nSPS) is 11.9. The van der Waals surface area contributed by atoms with E-state index < -0.39 is 18.0 Å². The van der Waals surface area contributed by atoms with E-state index in [1.54, 1.807) is 18.2 Å². The van der Waals surface area contributed by atoms with Crippen LogP contribution in [0.4, 0.5) is 9.18 Å². The van der Waals surface area contributed by atoms with E-state index in [2.05, 4.69) is 15.4 Å². The lowest BCUT2D eigenvalue weighted by molar-refractivity contribution is -0.143. The molecule has 0 aliphatic rings. The SMILES string of the molecule is COC(=O)C(CC(C)C)NC(=O)NCc1ccccc1F. The van der Waals surface area contributed by atoms with Gasteiger partial charge >= 0.3 is 12.0 Å². The lowest BCUT2D eigenvalue weighted by atomic mass is 10.0. The van der Waals surface area contributed by atoms with Crippen LogP contribution in [0.25, 0.3) is 0 Å². The Kier molecular flexibility index (Phi) is 6.65. The average Bonchev–Trinajstić information content (AvgIpc) is 2.44. The molecule has 0 spiro atoms. The zero-order valence-electron chi connectivity index (χ0n) is 12.5. The molecule has 1 rings (SSSR count). The quantitative estimate of drug-likeness (QED) is 0.791. The molecule has 0 saturated carbocycles. The molecule has 0 saturated heterocycles. The second kappa shape index (κ2) is 8.24. The van der Waals surface area contributed by atoms with Gasteiger partial charge in [-0.2, -0.15) is 0 Å². The molecular weight excluding hydrogens is 275 g/mol. The molecule has 0 fully saturated rings. The maximum absolute atomic E-state index is 13.4. The van der Waals surface area contributed by atoms with Gasteiger partial charge in [-0.1, -0.05) is 32.0 Å². The molecule has 0 heterocycles. The first-order valence-corrected chi connectivity index (χ1v) is 6.79. The Hall–Kier alpha value is -2.11. The molecule has 5 nitrogen and oxygen atoms in total. The first kappa shape index (κ1) is 16.9. The monoisotopic (exact) mass is 296 g/mol. The summed E-state index contributed by atoms with van der Waals surface area (Å²) in [6.45, 7) is 3.93. The van der Waals surface area contributed by atoms with Crippen LogP contribution in [0.3, 0.4) is 0 Å². The highest BCUT2D eigenvalue weighted by Gasteiger charge is 2.22.